The number of hydrogen-bond acceptors (Lipinski definition) is 7. The van der Waals surface area contributed by atoms with Crippen LogP contribution in [0.2, 0.25) is 0 Å². The van der Waals surface area contributed by atoms with Crippen LogP contribution in [0.3, 0.4) is 0 Å². The molecule has 2 aliphatic heterocycles. The first kappa shape index (κ1) is 35.2. The quantitative estimate of drug-likeness (QED) is 0.0787. The molecule has 5 aromatic rings. The third-order valence-corrected chi connectivity index (χ3v) is 9.50. The first-order valence-electron chi connectivity index (χ1n) is 14.2. The summed E-state index contributed by atoms with van der Waals surface area (Å²) in [6, 6.07) is 44.2. The van der Waals surface area contributed by atoms with Crippen molar-refractivity contribution in [3.8, 4) is 28.7 Å². The fourth-order valence-electron chi connectivity index (χ4n) is 4.22. The van der Waals surface area contributed by atoms with Gasteiger partial charge in [0.15, 0.2) is 0 Å². The summed E-state index contributed by atoms with van der Waals surface area (Å²) in [5.41, 5.74) is 1.97. The molecule has 2 N–H and O–H groups in total. The monoisotopic (exact) mass is 705 g/mol. The Bertz CT molecular complexity index is 1530. The molecule has 1 spiro atoms. The average molecular weight is 705 g/mol. The molecule has 0 amide bonds. The fraction of sp³-hybridized carbons (Fsp3) is 0. The number of para-hydroxylation sites is 7. The van der Waals surface area contributed by atoms with Crippen LogP contribution in [-0.2, 0) is 21.7 Å². The Hall–Kier alpha value is -4.70. The van der Waals surface area contributed by atoms with E-state index in [4.69, 9.17) is 27.3 Å². The summed E-state index contributed by atoms with van der Waals surface area (Å²) >= 11 is 0. The van der Waals surface area contributed by atoms with E-state index in [1.165, 1.54) is 0 Å². The van der Waals surface area contributed by atoms with Crippen molar-refractivity contribution >= 4 is 28.0 Å². The molecule has 2 heterocycles. The van der Waals surface area contributed by atoms with Crippen LogP contribution in [0.15, 0.2) is 164 Å². The predicted octanol–water partition coefficient (Wildman–Crippen LogP) is 10.1. The van der Waals surface area contributed by atoms with Crippen LogP contribution in [0.5, 0.6) is 28.7 Å². The molecule has 8 nitrogen and oxygen atoms in total. The molecular formula is C36H31FeN2O6P2. The van der Waals surface area contributed by atoms with E-state index in [-0.39, 0.29) is 17.1 Å². The number of nitrogens with one attached hydrogen (secondary N) is 2. The Morgan fingerprint density at radius 2 is 0.830 bits per heavy atom. The molecule has 0 fully saturated rings. The molecular weight excluding hydrogens is 674 g/mol. The second-order valence-electron chi connectivity index (χ2n) is 9.46. The van der Waals surface area contributed by atoms with Gasteiger partial charge in [0.05, 0.1) is 0 Å². The van der Waals surface area contributed by atoms with Crippen LogP contribution < -0.4 is 32.8 Å². The van der Waals surface area contributed by atoms with Crippen LogP contribution >= 0.6 is 16.6 Å². The van der Waals surface area contributed by atoms with Crippen molar-refractivity contribution < 1.29 is 44.3 Å². The summed E-state index contributed by atoms with van der Waals surface area (Å²) in [6.07, 6.45) is 10.0. The second kappa shape index (κ2) is 18.4. The van der Waals surface area contributed by atoms with Crippen molar-refractivity contribution in [1.82, 2.24) is 0 Å². The van der Waals surface area contributed by atoms with Gasteiger partial charge >= 0.3 is 119 Å². The van der Waals surface area contributed by atoms with Gasteiger partial charge in [-0.2, -0.15) is 0 Å². The molecule has 0 saturated heterocycles. The van der Waals surface area contributed by atoms with Gasteiger partial charge in [-0.1, -0.05) is 78.9 Å². The minimum atomic E-state index is -2.58. The van der Waals surface area contributed by atoms with Gasteiger partial charge in [-0.05, 0) is 36.4 Å². The topological polar surface area (TPSA) is 90.1 Å². The van der Waals surface area contributed by atoms with E-state index in [0.29, 0.717) is 17.2 Å². The Balaban J connectivity index is 0.000000177. The van der Waals surface area contributed by atoms with E-state index in [9.17, 15) is 0 Å². The first-order valence-corrected chi connectivity index (χ1v) is 17.1. The molecule has 0 atom stereocenters. The third-order valence-electron chi connectivity index (χ3n) is 6.20. The molecule has 1 aliphatic carbocycles. The van der Waals surface area contributed by atoms with E-state index >= 15 is 0 Å². The number of allylic oxidation sites excluding steroid dienone is 4. The summed E-state index contributed by atoms with van der Waals surface area (Å²) in [5, 5.41) is 6.68. The van der Waals surface area contributed by atoms with Gasteiger partial charge < -0.3 is 13.6 Å². The zero-order chi connectivity index (χ0) is 31.9. The van der Waals surface area contributed by atoms with Crippen molar-refractivity contribution in [2.45, 2.75) is 0 Å². The summed E-state index contributed by atoms with van der Waals surface area (Å²) in [4.78, 5) is 0. The van der Waals surface area contributed by atoms with E-state index in [0.717, 1.165) is 22.9 Å². The number of anilines is 2. The van der Waals surface area contributed by atoms with Gasteiger partial charge in [0.1, 0.15) is 17.2 Å². The third kappa shape index (κ3) is 10.4. The van der Waals surface area contributed by atoms with Crippen molar-refractivity contribution in [3.63, 3.8) is 0 Å². The maximum absolute atomic E-state index is 7.50. The SMILES string of the molecule is [C-]#[O+].[CH]1C=CC=C1.[Fe].c1ccc(OP(Oc2ccccc2)Oc2ccccc2)cc1.c1ccc2c(c1)N[PH]1(Nc3ccccc3O1)O2. The van der Waals surface area contributed by atoms with Gasteiger partial charge in [0.25, 0.3) is 0 Å². The zero-order valence-electron chi connectivity index (χ0n) is 24.9. The Morgan fingerprint density at radius 3 is 1.15 bits per heavy atom. The van der Waals surface area contributed by atoms with Gasteiger partial charge in [0.2, 0.25) is 0 Å². The van der Waals surface area contributed by atoms with Crippen LogP contribution in [0.4, 0.5) is 11.4 Å². The maximum atomic E-state index is 7.50. The molecule has 0 aromatic heterocycles. The summed E-state index contributed by atoms with van der Waals surface area (Å²) in [5.74, 6) is 3.82. The Morgan fingerprint density at radius 1 is 0.489 bits per heavy atom. The second-order valence-corrected chi connectivity index (χ2v) is 12.6. The molecule has 11 heteroatoms. The average Bonchev–Trinajstić information content (AvgIpc) is 3.88. The van der Waals surface area contributed by atoms with Gasteiger partial charge in [0, 0.05) is 23.5 Å². The van der Waals surface area contributed by atoms with Gasteiger partial charge in [-0.3, -0.25) is 0 Å². The van der Waals surface area contributed by atoms with E-state index in [2.05, 4.69) is 16.8 Å². The summed E-state index contributed by atoms with van der Waals surface area (Å²) in [6.45, 7) is 4.50. The Labute approximate surface area is 287 Å². The molecule has 3 aliphatic rings. The molecule has 239 valence electrons. The van der Waals surface area contributed by atoms with Crippen molar-refractivity contribution in [1.29, 1.82) is 0 Å². The van der Waals surface area contributed by atoms with Crippen molar-refractivity contribution in [2.75, 3.05) is 10.2 Å². The molecule has 47 heavy (non-hydrogen) atoms. The molecule has 0 unspecified atom stereocenters. The van der Waals surface area contributed by atoms with E-state index in [1.807, 2.05) is 170 Å². The minimum absolute atomic E-state index is 0. The van der Waals surface area contributed by atoms with Crippen LogP contribution in [0, 0.1) is 13.1 Å². The normalized spacial score (nSPS) is 13.7. The number of fused-ring (bicyclic) bond motifs is 2. The van der Waals surface area contributed by atoms with Gasteiger partial charge in [-0.15, -0.1) is 0 Å². The number of benzene rings is 5. The molecule has 5 aromatic carbocycles. The van der Waals surface area contributed by atoms with Crippen LogP contribution in [0.1, 0.15) is 0 Å². The van der Waals surface area contributed by atoms with Gasteiger partial charge in [-0.25, -0.2) is 0 Å². The predicted molar refractivity (Wildman–Crippen MR) is 184 cm³/mol. The molecule has 0 bridgehead atoms. The van der Waals surface area contributed by atoms with E-state index in [1.54, 1.807) is 0 Å². The molecule has 0 saturated carbocycles. The van der Waals surface area contributed by atoms with E-state index < -0.39 is 16.6 Å². The van der Waals surface area contributed by atoms with Crippen LogP contribution in [0.25, 0.3) is 0 Å². The molecule has 1 radical (unpaired) electrons. The number of hydrogen-bond donors (Lipinski definition) is 2. The van der Waals surface area contributed by atoms with Crippen molar-refractivity contribution in [2.24, 2.45) is 0 Å². The zero-order valence-corrected chi connectivity index (χ0v) is 27.9. The summed E-state index contributed by atoms with van der Waals surface area (Å²) < 4.78 is 36.9. The first-order chi connectivity index (χ1) is 22.7. The molecule has 8 rings (SSSR count). The fourth-order valence-corrected chi connectivity index (χ4v) is 7.61. The van der Waals surface area contributed by atoms with Crippen molar-refractivity contribution in [3.05, 3.63) is 177 Å². The standard InChI is InChI=1S/C18H15O3P.C12H11N2O2P.C5H5.CO.Fe/c1-4-10-16(11-5-1)19-22(20-17-12-6-2-7-13-17)21-18-14-8-3-9-15-18;1-3-7-11-9(5-1)13-17(15-11)14-10-6-2-4-8-12(10)16-17;1-2-4-5-3-1;1-2;/h1-15H;1-8,13-14,17H;1-5H;;. The number of rotatable bonds is 6. The van der Waals surface area contributed by atoms with Crippen LogP contribution in [-0.4, -0.2) is 0 Å². The Kier molecular flexibility index (Phi) is 13.8. The summed E-state index contributed by atoms with van der Waals surface area (Å²) in [7, 11) is -4.17.